The summed E-state index contributed by atoms with van der Waals surface area (Å²) < 4.78 is 7.48. The van der Waals surface area contributed by atoms with Gasteiger partial charge in [-0.2, -0.15) is 5.26 Å². The molecule has 0 spiro atoms. The first kappa shape index (κ1) is 51.0. The molecule has 87 heavy (non-hydrogen) atoms. The van der Waals surface area contributed by atoms with Gasteiger partial charge in [-0.1, -0.05) is 193 Å². The number of benzene rings is 13. The fraction of sp³-hybridized carbons (Fsp3) is 0.0247. The molecule has 0 fully saturated rings. The minimum atomic E-state index is 0.567. The van der Waals surface area contributed by atoms with Crippen LogP contribution in [0, 0.1) is 25.2 Å². The highest BCUT2D eigenvalue weighted by Crippen LogP contribution is 2.53. The Kier molecular flexibility index (Phi) is 12.3. The van der Waals surface area contributed by atoms with E-state index in [-0.39, 0.29) is 0 Å². The van der Waals surface area contributed by atoms with Crippen LogP contribution in [0.15, 0.2) is 303 Å². The number of hydrogen-bond acceptors (Lipinski definition) is 3. The largest absolute Gasteiger partial charge is 0.310 e. The molecule has 6 nitrogen and oxygen atoms in total. The molecule has 0 atom stereocenters. The zero-order valence-corrected chi connectivity index (χ0v) is 48.1. The van der Waals surface area contributed by atoms with Crippen molar-refractivity contribution in [3.05, 3.63) is 320 Å². The molecule has 16 aromatic rings. The maximum absolute atomic E-state index is 12.6. The van der Waals surface area contributed by atoms with Crippen molar-refractivity contribution in [1.82, 2.24) is 13.7 Å². The number of rotatable bonds is 11. The maximum atomic E-state index is 12.6. The zero-order valence-electron chi connectivity index (χ0n) is 48.1. The van der Waals surface area contributed by atoms with E-state index in [1.807, 2.05) is 0 Å². The summed E-state index contributed by atoms with van der Waals surface area (Å²) in [7, 11) is 0. The minimum absolute atomic E-state index is 0.567. The van der Waals surface area contributed by atoms with Crippen LogP contribution in [0.3, 0.4) is 0 Å². The lowest BCUT2D eigenvalue weighted by Gasteiger charge is -2.29. The predicted octanol–water partition coefficient (Wildman–Crippen LogP) is 21.7. The molecule has 0 radical (unpaired) electrons. The Morgan fingerprint density at radius 1 is 0.264 bits per heavy atom. The lowest BCUT2D eigenvalue weighted by atomic mass is 9.87. The first-order valence-corrected chi connectivity index (χ1v) is 29.6. The summed E-state index contributed by atoms with van der Waals surface area (Å²) in [6, 6.07) is 112. The van der Waals surface area contributed by atoms with Crippen LogP contribution >= 0.6 is 0 Å². The van der Waals surface area contributed by atoms with Crippen LogP contribution in [0.2, 0.25) is 0 Å². The zero-order chi connectivity index (χ0) is 58.1. The second kappa shape index (κ2) is 20.9. The number of aryl methyl sites for hydroxylation is 2. The minimum Gasteiger partial charge on any atom is -0.310 e. The van der Waals surface area contributed by atoms with Gasteiger partial charge in [0.2, 0.25) is 0 Å². The van der Waals surface area contributed by atoms with Gasteiger partial charge in [0, 0.05) is 77.6 Å². The Bertz CT molecular complexity index is 4950. The quantitative estimate of drug-likeness (QED) is 0.130. The van der Waals surface area contributed by atoms with E-state index in [9.17, 15) is 5.26 Å². The van der Waals surface area contributed by atoms with Crippen molar-refractivity contribution >= 4 is 99.5 Å². The molecule has 0 saturated carbocycles. The van der Waals surface area contributed by atoms with Crippen LogP contribution < -0.4 is 9.80 Å². The Morgan fingerprint density at radius 3 is 0.908 bits per heavy atom. The summed E-state index contributed by atoms with van der Waals surface area (Å²) in [5, 5.41) is 19.2. The third kappa shape index (κ3) is 8.31. The summed E-state index contributed by atoms with van der Waals surface area (Å²) in [5.74, 6) is 0. The van der Waals surface area contributed by atoms with E-state index < -0.39 is 0 Å². The van der Waals surface area contributed by atoms with E-state index in [2.05, 4.69) is 347 Å². The molecule has 0 aliphatic heterocycles. The average Bonchev–Trinajstić information content (AvgIpc) is 1.63. The van der Waals surface area contributed by atoms with Gasteiger partial charge in [0.1, 0.15) is 6.07 Å². The third-order valence-corrected chi connectivity index (χ3v) is 17.3. The molecule has 3 heterocycles. The fourth-order valence-corrected chi connectivity index (χ4v) is 13.6. The van der Waals surface area contributed by atoms with Gasteiger partial charge in [0.15, 0.2) is 0 Å². The van der Waals surface area contributed by atoms with E-state index >= 15 is 0 Å². The first-order valence-electron chi connectivity index (χ1n) is 29.6. The van der Waals surface area contributed by atoms with Crippen molar-refractivity contribution in [3.63, 3.8) is 0 Å². The van der Waals surface area contributed by atoms with Crippen LogP contribution in [0.25, 0.3) is 105 Å². The van der Waals surface area contributed by atoms with Gasteiger partial charge in [-0.3, -0.25) is 0 Å². The molecule has 410 valence electrons. The van der Waals surface area contributed by atoms with Gasteiger partial charge < -0.3 is 23.5 Å². The summed E-state index contributed by atoms with van der Waals surface area (Å²) in [6.07, 6.45) is 0. The Balaban J connectivity index is 1.13. The molecule has 0 aliphatic rings. The van der Waals surface area contributed by atoms with Gasteiger partial charge in [-0.15, -0.1) is 0 Å². The Morgan fingerprint density at radius 2 is 0.552 bits per heavy atom. The summed E-state index contributed by atoms with van der Waals surface area (Å²) in [6.45, 7) is 4.37. The van der Waals surface area contributed by atoms with Gasteiger partial charge in [-0.25, -0.2) is 0 Å². The Labute approximate surface area is 504 Å². The van der Waals surface area contributed by atoms with E-state index in [0.29, 0.717) is 5.56 Å². The van der Waals surface area contributed by atoms with Gasteiger partial charge in [-0.05, 0) is 146 Å². The van der Waals surface area contributed by atoms with Crippen molar-refractivity contribution in [2.24, 2.45) is 0 Å². The van der Waals surface area contributed by atoms with E-state index in [0.717, 1.165) is 139 Å². The number of hydrogen-bond donors (Lipinski definition) is 0. The fourth-order valence-electron chi connectivity index (χ4n) is 13.6. The monoisotopic (exact) mass is 1110 g/mol. The van der Waals surface area contributed by atoms with Crippen LogP contribution in [-0.4, -0.2) is 13.7 Å². The molecule has 0 bridgehead atoms. The normalized spacial score (nSPS) is 11.6. The van der Waals surface area contributed by atoms with E-state index in [1.54, 1.807) is 0 Å². The van der Waals surface area contributed by atoms with Crippen LogP contribution in [-0.2, 0) is 0 Å². The van der Waals surface area contributed by atoms with Crippen molar-refractivity contribution in [2.45, 2.75) is 13.8 Å². The number of para-hydroxylation sites is 6. The summed E-state index contributed by atoms with van der Waals surface area (Å²) >= 11 is 0. The molecule has 0 N–H and O–H groups in total. The van der Waals surface area contributed by atoms with Gasteiger partial charge in [0.25, 0.3) is 0 Å². The predicted molar refractivity (Wildman–Crippen MR) is 364 cm³/mol. The lowest BCUT2D eigenvalue weighted by molar-refractivity contribution is 1.05. The molecule has 16 rings (SSSR count). The maximum Gasteiger partial charge on any atom is 0.101 e. The van der Waals surface area contributed by atoms with Crippen LogP contribution in [0.4, 0.5) is 34.1 Å². The first-order chi connectivity index (χ1) is 43.0. The number of nitriles is 1. The Hall–Kier alpha value is -11.7. The molecule has 0 aliphatic carbocycles. The third-order valence-electron chi connectivity index (χ3n) is 17.3. The molecular weight excluding hydrogens is 1060 g/mol. The average molecular weight is 1110 g/mol. The van der Waals surface area contributed by atoms with Crippen molar-refractivity contribution in [1.29, 1.82) is 5.26 Å². The highest BCUT2D eigenvalue weighted by atomic mass is 15.2. The molecule has 6 heteroatoms. The van der Waals surface area contributed by atoms with Gasteiger partial charge in [0.05, 0.1) is 55.7 Å². The topological polar surface area (TPSA) is 45.1 Å². The SMILES string of the molecule is Cc1ccc2c(c1)c1cc(C)ccc1n2-c1c(-n2c3ccccc3c3cc(N(c4ccccc4)c4ccccc4)ccc32)c(-c2ccccc2)c(C#N)c(-c2ccccc2)c1-n1c2ccccc2c2cc(N(c3ccccc3)c3ccccc3)ccc21. The smallest absolute Gasteiger partial charge is 0.101 e. The molecule has 0 saturated heterocycles. The standard InChI is InChI=1S/C81H56N6/c1-54-41-45-73-66(49-54)67-50-55(2)42-46-74(67)87(73)81-79(85-71-39-23-21-37-64(71)68-51-62(43-47-75(68)85)83(58-29-13-5-14-30-58)59-31-15-6-16-32-59)77(56-25-9-3-10-26-56)70(53-82)78(57-27-11-4-12-28-57)80(81)86-72-40-24-22-38-65(72)69-52-63(44-48-76(69)86)84(60-33-17-7-18-34-60)61-35-19-8-20-36-61/h3-52H,1-2H3. The molecule has 0 unspecified atom stereocenters. The van der Waals surface area contributed by atoms with E-state index in [1.165, 1.54) is 11.1 Å². The highest BCUT2D eigenvalue weighted by molar-refractivity contribution is 6.17. The lowest BCUT2D eigenvalue weighted by Crippen LogP contribution is -2.14. The second-order valence-electron chi connectivity index (χ2n) is 22.5. The van der Waals surface area contributed by atoms with Gasteiger partial charge >= 0.3 is 0 Å². The molecule has 0 amide bonds. The number of nitrogens with zero attached hydrogens (tertiary/aromatic N) is 6. The number of aromatic nitrogens is 3. The highest BCUT2D eigenvalue weighted by Gasteiger charge is 2.34. The van der Waals surface area contributed by atoms with Crippen LogP contribution in [0.5, 0.6) is 0 Å². The number of fused-ring (bicyclic) bond motifs is 9. The summed E-state index contributed by atoms with van der Waals surface area (Å²) in [4.78, 5) is 4.67. The van der Waals surface area contributed by atoms with Crippen LogP contribution in [0.1, 0.15) is 16.7 Å². The molecular formula is C81H56N6. The van der Waals surface area contributed by atoms with Crippen molar-refractivity contribution < 1.29 is 0 Å². The van der Waals surface area contributed by atoms with E-state index in [4.69, 9.17) is 0 Å². The molecule has 3 aromatic heterocycles. The molecule has 13 aromatic carbocycles. The van der Waals surface area contributed by atoms with Crippen molar-refractivity contribution in [3.8, 4) is 45.4 Å². The van der Waals surface area contributed by atoms with Crippen molar-refractivity contribution in [2.75, 3.05) is 9.80 Å². The number of anilines is 6. The second-order valence-corrected chi connectivity index (χ2v) is 22.5. The summed E-state index contributed by atoms with van der Waals surface area (Å²) in [5.41, 5.74) is 21.6.